The first-order valence-corrected chi connectivity index (χ1v) is 9.86. The number of amides is 1. The number of carbonyl (C=O) groups is 1. The number of hydrogen-bond donors (Lipinski definition) is 1. The first-order chi connectivity index (χ1) is 13.5. The molecule has 3 heterocycles. The van der Waals surface area contributed by atoms with Crippen LogP contribution in [0.1, 0.15) is 72.1 Å². The molecule has 8 heteroatoms. The number of carbonyl (C=O) groups excluding carboxylic acids is 1. The van der Waals surface area contributed by atoms with Crippen molar-refractivity contribution in [3.8, 4) is 0 Å². The van der Waals surface area contributed by atoms with E-state index < -0.39 is 6.55 Å². The maximum atomic E-state index is 13.2. The molecule has 5 rings (SSSR count). The summed E-state index contributed by atoms with van der Waals surface area (Å²) in [5, 5.41) is 0. The number of hydrogen-bond acceptors (Lipinski definition) is 3. The predicted molar refractivity (Wildman–Crippen MR) is 97.7 cm³/mol. The number of aromatic nitrogens is 3. The third kappa shape index (κ3) is 2.69. The molecule has 2 fully saturated rings. The van der Waals surface area contributed by atoms with Crippen LogP contribution in [0.3, 0.4) is 0 Å². The topological polar surface area (TPSA) is 71.0 Å². The number of rotatable bonds is 3. The van der Waals surface area contributed by atoms with Crippen molar-refractivity contribution in [2.24, 2.45) is 0 Å². The van der Waals surface area contributed by atoms with E-state index in [2.05, 4.69) is 4.98 Å². The van der Waals surface area contributed by atoms with Crippen LogP contribution in [0.4, 0.5) is 8.78 Å². The van der Waals surface area contributed by atoms with E-state index in [4.69, 9.17) is 4.98 Å². The number of fused-ring (bicyclic) bond motifs is 2. The van der Waals surface area contributed by atoms with Crippen molar-refractivity contribution in [3.63, 3.8) is 0 Å². The van der Waals surface area contributed by atoms with Crippen molar-refractivity contribution in [1.29, 1.82) is 0 Å². The summed E-state index contributed by atoms with van der Waals surface area (Å²) in [4.78, 5) is 35.0. The summed E-state index contributed by atoms with van der Waals surface area (Å²) in [6, 6.07) is 2.90. The number of aromatic amines is 1. The van der Waals surface area contributed by atoms with Gasteiger partial charge in [-0.1, -0.05) is 0 Å². The highest BCUT2D eigenvalue weighted by Crippen LogP contribution is 2.45. The number of piperidine rings is 1. The Hall–Kier alpha value is -2.51. The number of halogens is 2. The minimum absolute atomic E-state index is 0.00260. The van der Waals surface area contributed by atoms with Crippen LogP contribution in [-0.4, -0.2) is 38.4 Å². The number of nitrogens with zero attached hydrogens (tertiary/aromatic N) is 3. The molecular weight excluding hydrogens is 366 g/mol. The van der Waals surface area contributed by atoms with Gasteiger partial charge in [-0.3, -0.25) is 14.2 Å². The molecular formula is C20H22F2N4O2. The third-order valence-electron chi connectivity index (χ3n) is 6.43. The first-order valence-electron chi connectivity index (χ1n) is 9.86. The Morgan fingerprint density at radius 2 is 2.14 bits per heavy atom. The number of nitrogens with one attached hydrogen (secondary N) is 1. The SMILES string of the molecule is O=C(c1cccn1C(F)F)N1CCCC2(CCc3c2nc(C2CC2)[nH]c3=O)C1. The minimum Gasteiger partial charge on any atom is -0.336 e. The Balaban J connectivity index is 1.48. The van der Waals surface area contributed by atoms with Crippen LogP contribution in [0.15, 0.2) is 23.1 Å². The predicted octanol–water partition coefficient (Wildman–Crippen LogP) is 2.96. The average Bonchev–Trinajstić information content (AvgIpc) is 3.31. The summed E-state index contributed by atoms with van der Waals surface area (Å²) in [5.41, 5.74) is 1.17. The molecule has 0 aromatic carbocycles. The summed E-state index contributed by atoms with van der Waals surface area (Å²) in [6.45, 7) is -1.79. The molecule has 0 bridgehead atoms. The van der Waals surface area contributed by atoms with Gasteiger partial charge in [0.2, 0.25) is 0 Å². The smallest absolute Gasteiger partial charge is 0.319 e. The van der Waals surface area contributed by atoms with E-state index in [9.17, 15) is 18.4 Å². The van der Waals surface area contributed by atoms with Crippen LogP contribution in [0.2, 0.25) is 0 Å². The second-order valence-corrected chi connectivity index (χ2v) is 8.24. The molecule has 1 saturated carbocycles. The Bertz CT molecular complexity index is 994. The molecule has 148 valence electrons. The van der Waals surface area contributed by atoms with Gasteiger partial charge in [-0.2, -0.15) is 8.78 Å². The molecule has 1 unspecified atom stereocenters. The standard InChI is InChI=1S/C20H22F2N4O2/c21-19(22)26-10-1-3-14(26)18(28)25-9-2-7-20(11-25)8-6-13-15(20)23-16(12-4-5-12)24-17(13)27/h1,3,10,12,19H,2,4-9,11H2,(H,23,24,27). The van der Waals surface area contributed by atoms with E-state index in [1.165, 1.54) is 18.3 Å². The molecule has 2 aromatic rings. The Morgan fingerprint density at radius 1 is 1.32 bits per heavy atom. The van der Waals surface area contributed by atoms with Gasteiger partial charge in [0, 0.05) is 36.2 Å². The zero-order valence-electron chi connectivity index (χ0n) is 15.5. The van der Waals surface area contributed by atoms with Crippen LogP contribution < -0.4 is 5.56 Å². The van der Waals surface area contributed by atoms with Crippen molar-refractivity contribution < 1.29 is 13.6 Å². The summed E-state index contributed by atoms with van der Waals surface area (Å²) in [7, 11) is 0. The van der Waals surface area contributed by atoms with Gasteiger partial charge in [-0.05, 0) is 50.7 Å². The van der Waals surface area contributed by atoms with E-state index in [0.717, 1.165) is 49.2 Å². The number of alkyl halides is 2. The van der Waals surface area contributed by atoms with Gasteiger partial charge in [0.1, 0.15) is 11.5 Å². The van der Waals surface area contributed by atoms with Gasteiger partial charge >= 0.3 is 6.55 Å². The van der Waals surface area contributed by atoms with Gasteiger partial charge in [0.15, 0.2) is 0 Å². The third-order valence-corrected chi connectivity index (χ3v) is 6.43. The van der Waals surface area contributed by atoms with E-state index >= 15 is 0 Å². The van der Waals surface area contributed by atoms with Gasteiger partial charge in [-0.25, -0.2) is 4.98 Å². The molecule has 1 aliphatic heterocycles. The Kier molecular flexibility index (Phi) is 3.93. The van der Waals surface area contributed by atoms with Crippen molar-refractivity contribution in [1.82, 2.24) is 19.4 Å². The van der Waals surface area contributed by atoms with E-state index in [1.807, 2.05) is 0 Å². The molecule has 2 aromatic heterocycles. The molecule has 1 spiro atoms. The Labute approximate surface area is 160 Å². The molecule has 1 atom stereocenters. The molecule has 2 aliphatic carbocycles. The normalized spacial score (nSPS) is 24.2. The lowest BCUT2D eigenvalue weighted by molar-refractivity contribution is 0.0500. The zero-order chi connectivity index (χ0) is 19.5. The average molecular weight is 388 g/mol. The maximum absolute atomic E-state index is 13.2. The molecule has 0 radical (unpaired) electrons. The highest BCUT2D eigenvalue weighted by atomic mass is 19.3. The summed E-state index contributed by atoms with van der Waals surface area (Å²) < 4.78 is 27.1. The number of H-pyrrole nitrogens is 1. The molecule has 6 nitrogen and oxygen atoms in total. The summed E-state index contributed by atoms with van der Waals surface area (Å²) in [6.07, 6.45) is 6.37. The highest BCUT2D eigenvalue weighted by Gasteiger charge is 2.46. The molecule has 3 aliphatic rings. The quantitative estimate of drug-likeness (QED) is 0.879. The first kappa shape index (κ1) is 17.6. The molecule has 1 N–H and O–H groups in total. The highest BCUT2D eigenvalue weighted by molar-refractivity contribution is 5.93. The van der Waals surface area contributed by atoms with Gasteiger partial charge in [-0.15, -0.1) is 0 Å². The fourth-order valence-corrected chi connectivity index (χ4v) is 4.83. The fourth-order valence-electron chi connectivity index (χ4n) is 4.83. The zero-order valence-corrected chi connectivity index (χ0v) is 15.5. The van der Waals surface area contributed by atoms with Crippen LogP contribution in [-0.2, 0) is 11.8 Å². The van der Waals surface area contributed by atoms with Crippen LogP contribution in [0, 0.1) is 0 Å². The van der Waals surface area contributed by atoms with Crippen molar-refractivity contribution in [3.05, 3.63) is 51.5 Å². The lowest BCUT2D eigenvalue weighted by Gasteiger charge is -2.40. The van der Waals surface area contributed by atoms with Crippen molar-refractivity contribution >= 4 is 5.91 Å². The van der Waals surface area contributed by atoms with Gasteiger partial charge in [0.05, 0.1) is 5.69 Å². The van der Waals surface area contributed by atoms with Crippen LogP contribution in [0.25, 0.3) is 0 Å². The second-order valence-electron chi connectivity index (χ2n) is 8.24. The van der Waals surface area contributed by atoms with Crippen molar-refractivity contribution in [2.45, 2.75) is 56.4 Å². The fraction of sp³-hybridized carbons (Fsp3) is 0.550. The minimum atomic E-state index is -2.75. The lowest BCUT2D eigenvalue weighted by atomic mass is 9.77. The lowest BCUT2D eigenvalue weighted by Crippen LogP contribution is -2.48. The van der Waals surface area contributed by atoms with E-state index in [0.29, 0.717) is 30.0 Å². The summed E-state index contributed by atoms with van der Waals surface area (Å²) in [5.74, 6) is 0.719. The monoisotopic (exact) mass is 388 g/mol. The van der Waals surface area contributed by atoms with Crippen LogP contribution >= 0.6 is 0 Å². The largest absolute Gasteiger partial charge is 0.336 e. The molecule has 28 heavy (non-hydrogen) atoms. The number of likely N-dealkylation sites (tertiary alicyclic amines) is 1. The molecule has 1 saturated heterocycles. The van der Waals surface area contributed by atoms with Crippen molar-refractivity contribution in [2.75, 3.05) is 13.1 Å². The van der Waals surface area contributed by atoms with Gasteiger partial charge < -0.3 is 9.88 Å². The summed E-state index contributed by atoms with van der Waals surface area (Å²) >= 11 is 0. The molecule has 1 amide bonds. The second kappa shape index (κ2) is 6.25. The van der Waals surface area contributed by atoms with E-state index in [-0.39, 0.29) is 22.6 Å². The van der Waals surface area contributed by atoms with Crippen LogP contribution in [0.5, 0.6) is 0 Å². The van der Waals surface area contributed by atoms with E-state index in [1.54, 1.807) is 4.90 Å². The Morgan fingerprint density at radius 3 is 2.89 bits per heavy atom. The van der Waals surface area contributed by atoms with Gasteiger partial charge in [0.25, 0.3) is 11.5 Å². The maximum Gasteiger partial charge on any atom is 0.319 e.